The summed E-state index contributed by atoms with van der Waals surface area (Å²) < 4.78 is 0. The van der Waals surface area contributed by atoms with Gasteiger partial charge in [0.15, 0.2) is 0 Å². The average Bonchev–Trinajstić information content (AvgIpc) is 3.03. The Hall–Kier alpha value is -2.53. The lowest BCUT2D eigenvalue weighted by atomic mass is 10.1. The Morgan fingerprint density at radius 2 is 2.05 bits per heavy atom. The minimum Gasteiger partial charge on any atom is -0.346 e. The summed E-state index contributed by atoms with van der Waals surface area (Å²) in [6.45, 7) is 2.43. The van der Waals surface area contributed by atoms with Crippen LogP contribution in [0.4, 0.5) is 0 Å². The van der Waals surface area contributed by atoms with E-state index in [4.69, 9.17) is 0 Å². The van der Waals surface area contributed by atoms with Gasteiger partial charge in [-0.1, -0.05) is 17.7 Å². The number of nitrogens with one attached hydrogen (secondary N) is 1. The molecule has 2 aromatic heterocycles. The highest BCUT2D eigenvalue weighted by Crippen LogP contribution is 2.20. The van der Waals surface area contributed by atoms with E-state index in [1.807, 2.05) is 48.7 Å². The number of carbonyl (C=O) groups is 1. The van der Waals surface area contributed by atoms with Crippen LogP contribution >= 0.6 is 11.3 Å². The van der Waals surface area contributed by atoms with Crippen molar-refractivity contribution in [2.45, 2.75) is 13.5 Å². The quantitative estimate of drug-likeness (QED) is 0.803. The summed E-state index contributed by atoms with van der Waals surface area (Å²) in [5.74, 6) is -0.0851. The molecule has 0 saturated heterocycles. The third-order valence-electron chi connectivity index (χ3n) is 3.22. The SMILES string of the molecule is Cc1ccc(C(=O)NCc2nc(-c3cccnc3)cs2)cc1. The van der Waals surface area contributed by atoms with Crippen LogP contribution in [0.15, 0.2) is 54.2 Å². The maximum atomic E-state index is 12.1. The van der Waals surface area contributed by atoms with Crippen molar-refractivity contribution in [1.82, 2.24) is 15.3 Å². The molecule has 5 heteroatoms. The third kappa shape index (κ3) is 3.38. The zero-order valence-electron chi connectivity index (χ0n) is 12.1. The molecule has 3 aromatic rings. The number of rotatable bonds is 4. The molecule has 0 saturated carbocycles. The second kappa shape index (κ2) is 6.49. The average molecular weight is 309 g/mol. The smallest absolute Gasteiger partial charge is 0.251 e. The van der Waals surface area contributed by atoms with Crippen LogP contribution in [0.2, 0.25) is 0 Å². The topological polar surface area (TPSA) is 54.9 Å². The van der Waals surface area contributed by atoms with Gasteiger partial charge in [0.05, 0.1) is 12.2 Å². The monoisotopic (exact) mass is 309 g/mol. The molecule has 4 nitrogen and oxygen atoms in total. The first-order chi connectivity index (χ1) is 10.7. The van der Waals surface area contributed by atoms with Gasteiger partial charge in [-0.2, -0.15) is 0 Å². The molecule has 1 aromatic carbocycles. The molecule has 0 fully saturated rings. The molecule has 22 heavy (non-hydrogen) atoms. The van der Waals surface area contributed by atoms with E-state index in [1.165, 1.54) is 11.3 Å². The van der Waals surface area contributed by atoms with Crippen LogP contribution in [0.5, 0.6) is 0 Å². The molecule has 0 aliphatic rings. The van der Waals surface area contributed by atoms with Gasteiger partial charge in [-0.3, -0.25) is 9.78 Å². The Labute approximate surface area is 132 Å². The molecule has 110 valence electrons. The fourth-order valence-corrected chi connectivity index (χ4v) is 2.74. The van der Waals surface area contributed by atoms with Gasteiger partial charge in [0.25, 0.3) is 5.91 Å². The predicted molar refractivity (Wildman–Crippen MR) is 87.7 cm³/mol. The van der Waals surface area contributed by atoms with Crippen LogP contribution in [0.3, 0.4) is 0 Å². The normalized spacial score (nSPS) is 10.4. The van der Waals surface area contributed by atoms with Crippen molar-refractivity contribution in [2.24, 2.45) is 0 Å². The molecule has 1 N–H and O–H groups in total. The van der Waals surface area contributed by atoms with Crippen LogP contribution in [-0.2, 0) is 6.54 Å². The molecule has 2 heterocycles. The zero-order valence-corrected chi connectivity index (χ0v) is 12.9. The molecule has 1 amide bonds. The molecule has 0 radical (unpaired) electrons. The number of nitrogens with zero attached hydrogens (tertiary/aromatic N) is 2. The Balaban J connectivity index is 1.64. The Morgan fingerprint density at radius 3 is 2.77 bits per heavy atom. The molecule has 0 aliphatic heterocycles. The zero-order chi connectivity index (χ0) is 15.4. The van der Waals surface area contributed by atoms with E-state index in [1.54, 1.807) is 12.4 Å². The first-order valence-electron chi connectivity index (χ1n) is 6.92. The first-order valence-corrected chi connectivity index (χ1v) is 7.80. The molecular weight excluding hydrogens is 294 g/mol. The summed E-state index contributed by atoms with van der Waals surface area (Å²) in [7, 11) is 0. The third-order valence-corrected chi connectivity index (χ3v) is 4.07. The predicted octanol–water partition coefficient (Wildman–Crippen LogP) is 3.44. The van der Waals surface area contributed by atoms with Crippen LogP contribution < -0.4 is 5.32 Å². The molecule has 3 rings (SSSR count). The van der Waals surface area contributed by atoms with Crippen molar-refractivity contribution < 1.29 is 4.79 Å². The number of hydrogen-bond donors (Lipinski definition) is 1. The fourth-order valence-electron chi connectivity index (χ4n) is 2.00. The molecule has 0 spiro atoms. The van der Waals surface area contributed by atoms with E-state index in [9.17, 15) is 4.79 Å². The van der Waals surface area contributed by atoms with Crippen LogP contribution in [-0.4, -0.2) is 15.9 Å². The number of aromatic nitrogens is 2. The van der Waals surface area contributed by atoms with Gasteiger partial charge in [-0.25, -0.2) is 4.98 Å². The first kappa shape index (κ1) is 14.4. The summed E-state index contributed by atoms with van der Waals surface area (Å²) in [4.78, 5) is 20.7. The lowest BCUT2D eigenvalue weighted by Crippen LogP contribution is -2.22. The van der Waals surface area contributed by atoms with Gasteiger partial charge >= 0.3 is 0 Å². The van der Waals surface area contributed by atoms with E-state index < -0.39 is 0 Å². The number of carbonyl (C=O) groups excluding carboxylic acids is 1. The van der Waals surface area contributed by atoms with Crippen molar-refractivity contribution in [2.75, 3.05) is 0 Å². The van der Waals surface area contributed by atoms with Gasteiger partial charge in [-0.15, -0.1) is 11.3 Å². The highest BCUT2D eigenvalue weighted by atomic mass is 32.1. The van der Waals surface area contributed by atoms with Gasteiger partial charge in [0, 0.05) is 28.9 Å². The molecular formula is C17H15N3OS. The number of aryl methyl sites for hydroxylation is 1. The van der Waals surface area contributed by atoms with Gasteiger partial charge in [0.1, 0.15) is 5.01 Å². The van der Waals surface area contributed by atoms with Crippen LogP contribution in [0.25, 0.3) is 11.3 Å². The largest absolute Gasteiger partial charge is 0.346 e. The highest BCUT2D eigenvalue weighted by molar-refractivity contribution is 7.09. The number of pyridine rings is 1. The van der Waals surface area contributed by atoms with Crippen LogP contribution in [0.1, 0.15) is 20.9 Å². The van der Waals surface area contributed by atoms with Gasteiger partial charge < -0.3 is 5.32 Å². The van der Waals surface area contributed by atoms with E-state index in [0.29, 0.717) is 12.1 Å². The Kier molecular flexibility index (Phi) is 4.25. The lowest BCUT2D eigenvalue weighted by molar-refractivity contribution is 0.0951. The van der Waals surface area contributed by atoms with E-state index in [-0.39, 0.29) is 5.91 Å². The van der Waals surface area contributed by atoms with E-state index in [0.717, 1.165) is 21.8 Å². The maximum Gasteiger partial charge on any atom is 0.251 e. The van der Waals surface area contributed by atoms with E-state index in [2.05, 4.69) is 15.3 Å². The number of hydrogen-bond acceptors (Lipinski definition) is 4. The molecule has 0 atom stereocenters. The highest BCUT2D eigenvalue weighted by Gasteiger charge is 2.08. The van der Waals surface area contributed by atoms with Crippen molar-refractivity contribution in [3.8, 4) is 11.3 Å². The minimum absolute atomic E-state index is 0.0851. The maximum absolute atomic E-state index is 12.1. The Morgan fingerprint density at radius 1 is 1.23 bits per heavy atom. The Bertz CT molecular complexity index is 766. The molecule has 0 bridgehead atoms. The molecule has 0 aliphatic carbocycles. The number of benzene rings is 1. The number of thiazole rings is 1. The van der Waals surface area contributed by atoms with Crippen molar-refractivity contribution >= 4 is 17.2 Å². The standard InChI is InChI=1S/C17H15N3OS/c1-12-4-6-13(7-5-12)17(21)19-10-16-20-15(11-22-16)14-3-2-8-18-9-14/h2-9,11H,10H2,1H3,(H,19,21). The second-order valence-corrected chi connectivity index (χ2v) is 5.86. The summed E-state index contributed by atoms with van der Waals surface area (Å²) >= 11 is 1.53. The number of amides is 1. The van der Waals surface area contributed by atoms with Gasteiger partial charge in [0.2, 0.25) is 0 Å². The summed E-state index contributed by atoms with van der Waals surface area (Å²) in [6, 6.07) is 11.4. The van der Waals surface area contributed by atoms with Crippen molar-refractivity contribution in [3.05, 3.63) is 70.3 Å². The van der Waals surface area contributed by atoms with Crippen molar-refractivity contribution in [1.29, 1.82) is 0 Å². The lowest BCUT2D eigenvalue weighted by Gasteiger charge is -2.03. The summed E-state index contributed by atoms with van der Waals surface area (Å²) in [6.07, 6.45) is 3.52. The summed E-state index contributed by atoms with van der Waals surface area (Å²) in [5, 5.41) is 5.74. The molecule has 0 unspecified atom stereocenters. The van der Waals surface area contributed by atoms with Crippen molar-refractivity contribution in [3.63, 3.8) is 0 Å². The fraction of sp³-hybridized carbons (Fsp3) is 0.118. The minimum atomic E-state index is -0.0851. The second-order valence-electron chi connectivity index (χ2n) is 4.92. The van der Waals surface area contributed by atoms with Gasteiger partial charge in [-0.05, 0) is 31.2 Å². The van der Waals surface area contributed by atoms with E-state index >= 15 is 0 Å². The summed E-state index contributed by atoms with van der Waals surface area (Å²) in [5.41, 5.74) is 3.67. The van der Waals surface area contributed by atoms with Crippen LogP contribution in [0, 0.1) is 6.92 Å².